The van der Waals surface area contributed by atoms with Gasteiger partial charge < -0.3 is 37.9 Å². The third-order valence-electron chi connectivity index (χ3n) is 6.04. The van der Waals surface area contributed by atoms with Gasteiger partial charge in [-0.1, -0.05) is 39.3 Å². The Kier molecular flexibility index (Phi) is 14.7. The highest BCUT2D eigenvalue weighted by Crippen LogP contribution is 2.40. The van der Waals surface area contributed by atoms with Gasteiger partial charge in [-0.3, -0.25) is 0 Å². The summed E-state index contributed by atoms with van der Waals surface area (Å²) in [6.07, 6.45) is 0.427. The summed E-state index contributed by atoms with van der Waals surface area (Å²) in [5.74, 6) is -3.65. The van der Waals surface area contributed by atoms with E-state index in [2.05, 4.69) is 26.3 Å². The van der Waals surface area contributed by atoms with Crippen LogP contribution in [-0.2, 0) is 44.5 Å². The summed E-state index contributed by atoms with van der Waals surface area (Å²) >= 11 is 0. The van der Waals surface area contributed by atoms with Crippen LogP contribution in [0.25, 0.3) is 11.1 Å². The Hall–Kier alpha value is -4.88. The Balaban J connectivity index is 2.71. The van der Waals surface area contributed by atoms with Crippen molar-refractivity contribution in [2.75, 3.05) is 54.9 Å². The molecular weight excluding hydrogens is 600 g/mol. The second-order valence-corrected chi connectivity index (χ2v) is 9.68. The maximum atomic E-state index is 12.8. The third-order valence-corrected chi connectivity index (χ3v) is 6.04. The maximum Gasteiger partial charge on any atom is 0.341 e. The quantitative estimate of drug-likeness (QED) is 0.130. The van der Waals surface area contributed by atoms with Crippen molar-refractivity contribution in [1.29, 1.82) is 0 Å². The number of hydrogen-bond donors (Lipinski definition) is 0. The first-order valence-corrected chi connectivity index (χ1v) is 13.8. The second-order valence-electron chi connectivity index (χ2n) is 9.68. The lowest BCUT2D eigenvalue weighted by atomic mass is 9.96. The summed E-state index contributed by atoms with van der Waals surface area (Å²) in [7, 11) is 5.58. The number of carbonyl (C=O) groups excluding carboxylic acids is 4. The number of benzene rings is 2. The third kappa shape index (κ3) is 10.3. The molecule has 0 unspecified atom stereocenters. The Morgan fingerprint density at radius 2 is 0.870 bits per heavy atom. The molecule has 0 saturated heterocycles. The molecule has 12 heteroatoms. The number of rotatable bonds is 18. The van der Waals surface area contributed by atoms with E-state index in [1.807, 2.05) is 6.92 Å². The summed E-state index contributed by atoms with van der Waals surface area (Å²) in [5, 5.41) is 0. The molecule has 2 aromatic rings. The van der Waals surface area contributed by atoms with Crippen molar-refractivity contribution in [3.63, 3.8) is 0 Å². The van der Waals surface area contributed by atoms with E-state index in [0.717, 1.165) is 0 Å². The van der Waals surface area contributed by atoms with Crippen LogP contribution in [0.5, 0.6) is 23.0 Å². The van der Waals surface area contributed by atoms with Crippen LogP contribution in [0.1, 0.15) is 12.5 Å². The lowest BCUT2D eigenvalue weighted by Crippen LogP contribution is -2.18. The summed E-state index contributed by atoms with van der Waals surface area (Å²) in [4.78, 5) is 50.9. The number of hydrogen-bond acceptors (Lipinski definition) is 12. The molecule has 12 nitrogen and oxygen atoms in total. The number of esters is 4. The molecule has 246 valence electrons. The average Bonchev–Trinajstić information content (AvgIpc) is 3.02. The smallest absolute Gasteiger partial charge is 0.341 e. The zero-order valence-corrected chi connectivity index (χ0v) is 26.6. The molecule has 0 amide bonds. The first-order valence-electron chi connectivity index (χ1n) is 13.8. The Morgan fingerprint density at radius 1 is 0.522 bits per heavy atom. The molecule has 0 aromatic heterocycles. The second kappa shape index (κ2) is 18.2. The Morgan fingerprint density at radius 3 is 1.24 bits per heavy atom. The van der Waals surface area contributed by atoms with Crippen molar-refractivity contribution in [1.82, 2.24) is 0 Å². The number of methoxy groups -OCH3 is 4. The van der Waals surface area contributed by atoms with Crippen molar-refractivity contribution >= 4 is 23.9 Å². The minimum absolute atomic E-state index is 0.00920. The molecule has 0 heterocycles. The maximum absolute atomic E-state index is 12.8. The molecule has 0 bridgehead atoms. The van der Waals surface area contributed by atoms with Crippen LogP contribution in [0.15, 0.2) is 78.9 Å². The molecule has 2 aromatic carbocycles. The van der Waals surface area contributed by atoms with Crippen LogP contribution in [0.3, 0.4) is 0 Å². The molecule has 2 rings (SSSR count). The molecule has 46 heavy (non-hydrogen) atoms. The number of aryl methyl sites for hydroxylation is 1. The highest BCUT2D eigenvalue weighted by molar-refractivity contribution is 5.94. The van der Waals surface area contributed by atoms with Gasteiger partial charge in [-0.15, -0.1) is 0 Å². The van der Waals surface area contributed by atoms with Gasteiger partial charge in [0.15, 0.2) is 23.0 Å². The van der Waals surface area contributed by atoms with Gasteiger partial charge in [0.05, 0.1) is 48.7 Å². The summed E-state index contributed by atoms with van der Waals surface area (Å²) in [6.45, 7) is 16.1. The predicted molar refractivity (Wildman–Crippen MR) is 168 cm³/mol. The molecular formula is C34H38O12. The van der Waals surface area contributed by atoms with E-state index in [-0.39, 0.29) is 71.7 Å². The van der Waals surface area contributed by atoms with Crippen LogP contribution in [0.2, 0.25) is 0 Å². The van der Waals surface area contributed by atoms with Crippen LogP contribution >= 0.6 is 0 Å². The highest BCUT2D eigenvalue weighted by atomic mass is 16.6. The molecule has 0 atom stereocenters. The number of carbonyl (C=O) groups is 4. The van der Waals surface area contributed by atoms with Gasteiger partial charge in [0.25, 0.3) is 0 Å². The SMILES string of the molecule is C=C(COC)C(=O)Oc1ccc(-c2cc(OC(=O)C(=C)COC)c(OC(=O)C(=C)COC)cc2CC)cc1OC(=O)C(=C)COC. The van der Waals surface area contributed by atoms with E-state index >= 15 is 0 Å². The van der Waals surface area contributed by atoms with Crippen molar-refractivity contribution in [2.45, 2.75) is 13.3 Å². The Labute approximate surface area is 267 Å². The molecule has 0 aliphatic heterocycles. The number of ether oxygens (including phenoxy) is 8. The zero-order chi connectivity index (χ0) is 34.4. The van der Waals surface area contributed by atoms with Crippen molar-refractivity contribution in [3.05, 3.63) is 84.5 Å². The van der Waals surface area contributed by atoms with Gasteiger partial charge in [-0.05, 0) is 47.4 Å². The molecule has 0 saturated carbocycles. The minimum Gasteiger partial charge on any atom is -0.419 e. The normalized spacial score (nSPS) is 10.5. The predicted octanol–water partition coefficient (Wildman–Crippen LogP) is 4.35. The van der Waals surface area contributed by atoms with E-state index in [4.69, 9.17) is 37.9 Å². The summed E-state index contributed by atoms with van der Waals surface area (Å²) < 4.78 is 42.0. The Bertz CT molecular complexity index is 1520. The van der Waals surface area contributed by atoms with E-state index in [0.29, 0.717) is 23.1 Å². The molecule has 0 aliphatic carbocycles. The average molecular weight is 639 g/mol. The van der Waals surface area contributed by atoms with Gasteiger partial charge in [0.2, 0.25) is 0 Å². The lowest BCUT2D eigenvalue weighted by molar-refractivity contribution is -0.133. The van der Waals surface area contributed by atoms with Crippen LogP contribution < -0.4 is 18.9 Å². The van der Waals surface area contributed by atoms with Crippen molar-refractivity contribution in [3.8, 4) is 34.1 Å². The summed E-state index contributed by atoms with van der Waals surface area (Å²) in [5.41, 5.74) is 1.70. The van der Waals surface area contributed by atoms with Crippen molar-refractivity contribution < 1.29 is 57.1 Å². The minimum atomic E-state index is -0.826. The fraction of sp³-hybridized carbons (Fsp3) is 0.294. The summed E-state index contributed by atoms with van der Waals surface area (Å²) in [6, 6.07) is 7.48. The first kappa shape index (κ1) is 37.3. The topological polar surface area (TPSA) is 142 Å². The zero-order valence-electron chi connectivity index (χ0n) is 26.6. The van der Waals surface area contributed by atoms with Crippen LogP contribution in [-0.4, -0.2) is 78.7 Å². The van der Waals surface area contributed by atoms with Gasteiger partial charge in [-0.25, -0.2) is 19.2 Å². The van der Waals surface area contributed by atoms with Gasteiger partial charge in [-0.2, -0.15) is 0 Å². The van der Waals surface area contributed by atoms with E-state index in [9.17, 15) is 19.2 Å². The molecule has 0 aliphatic rings. The van der Waals surface area contributed by atoms with E-state index < -0.39 is 23.9 Å². The molecule has 0 radical (unpaired) electrons. The standard InChI is InChI=1S/C34H38O12/c1-10-24-13-29(45-33(37)22(4)18-41-8)30(46-34(38)23(5)19-42-9)15-26(24)25-11-12-27(43-31(35)20(2)16-39-6)28(14-25)44-32(36)21(3)17-40-7/h11-15H,2-5,10,16-19H2,1,6-9H3. The molecule has 0 fully saturated rings. The van der Waals surface area contributed by atoms with Gasteiger partial charge in [0.1, 0.15) is 0 Å². The lowest BCUT2D eigenvalue weighted by Gasteiger charge is -2.18. The monoisotopic (exact) mass is 638 g/mol. The van der Waals surface area contributed by atoms with Crippen LogP contribution in [0.4, 0.5) is 0 Å². The fourth-order valence-corrected chi connectivity index (χ4v) is 3.78. The molecule has 0 N–H and O–H groups in total. The van der Waals surface area contributed by atoms with E-state index in [1.54, 1.807) is 6.07 Å². The first-order chi connectivity index (χ1) is 21.9. The van der Waals surface area contributed by atoms with Crippen molar-refractivity contribution in [2.24, 2.45) is 0 Å². The molecule has 0 spiro atoms. The van der Waals surface area contributed by atoms with Crippen LogP contribution in [0, 0.1) is 0 Å². The highest BCUT2D eigenvalue weighted by Gasteiger charge is 2.23. The largest absolute Gasteiger partial charge is 0.419 e. The van der Waals surface area contributed by atoms with E-state index in [1.165, 1.54) is 52.7 Å². The van der Waals surface area contributed by atoms with Gasteiger partial charge >= 0.3 is 23.9 Å². The van der Waals surface area contributed by atoms with Gasteiger partial charge in [0, 0.05) is 28.4 Å². The fourth-order valence-electron chi connectivity index (χ4n) is 3.78.